The van der Waals surface area contributed by atoms with Gasteiger partial charge in [0.05, 0.1) is 13.5 Å². The molecule has 1 aromatic rings. The Morgan fingerprint density at radius 3 is 2.61 bits per heavy atom. The van der Waals surface area contributed by atoms with Crippen LogP contribution >= 0.6 is 0 Å². The van der Waals surface area contributed by atoms with Crippen molar-refractivity contribution in [2.24, 2.45) is 5.73 Å². The third kappa shape index (κ3) is 3.76. The summed E-state index contributed by atoms with van der Waals surface area (Å²) in [5.74, 6) is -0.561. The van der Waals surface area contributed by atoms with Gasteiger partial charge < -0.3 is 15.2 Å². The zero-order chi connectivity index (χ0) is 13.7. The summed E-state index contributed by atoms with van der Waals surface area (Å²) in [6.45, 7) is 3.36. The van der Waals surface area contributed by atoms with Crippen molar-refractivity contribution in [3.63, 3.8) is 0 Å². The molecule has 1 rings (SSSR count). The molecule has 0 saturated carbocycles. The van der Waals surface area contributed by atoms with E-state index in [1.165, 1.54) is 14.0 Å². The number of aryl methyl sites for hydroxylation is 1. The van der Waals surface area contributed by atoms with Crippen LogP contribution in [0.5, 0.6) is 5.75 Å². The molecule has 1 amide bonds. The van der Waals surface area contributed by atoms with E-state index >= 15 is 0 Å². The Morgan fingerprint density at radius 2 is 2.06 bits per heavy atom. The lowest BCUT2D eigenvalue weighted by atomic mass is 10.1. The van der Waals surface area contributed by atoms with Crippen LogP contribution < -0.4 is 10.5 Å². The third-order valence-corrected chi connectivity index (χ3v) is 2.48. The van der Waals surface area contributed by atoms with Crippen LogP contribution in [-0.2, 0) is 20.7 Å². The van der Waals surface area contributed by atoms with E-state index in [0.29, 0.717) is 5.75 Å². The van der Waals surface area contributed by atoms with Gasteiger partial charge in [0.15, 0.2) is 6.10 Å². The van der Waals surface area contributed by atoms with Gasteiger partial charge in [0.25, 0.3) is 5.91 Å². The number of ether oxygens (including phenoxy) is 2. The molecule has 2 N–H and O–H groups in total. The van der Waals surface area contributed by atoms with Crippen LogP contribution in [-0.4, -0.2) is 25.1 Å². The van der Waals surface area contributed by atoms with Gasteiger partial charge in [-0.25, -0.2) is 0 Å². The third-order valence-electron chi connectivity index (χ3n) is 2.48. The van der Waals surface area contributed by atoms with Crippen molar-refractivity contribution in [2.75, 3.05) is 7.11 Å². The Labute approximate surface area is 106 Å². The first kappa shape index (κ1) is 14.0. The maximum absolute atomic E-state index is 11.6. The smallest absolute Gasteiger partial charge is 0.311 e. The minimum Gasteiger partial charge on any atom is -0.496 e. The van der Waals surface area contributed by atoms with Crippen LogP contribution in [0, 0.1) is 6.92 Å². The van der Waals surface area contributed by atoms with Gasteiger partial charge in [-0.3, -0.25) is 9.59 Å². The normalized spacial score (nSPS) is 11.7. The number of primary amides is 1. The van der Waals surface area contributed by atoms with Crippen molar-refractivity contribution in [1.82, 2.24) is 0 Å². The molecule has 0 fully saturated rings. The van der Waals surface area contributed by atoms with E-state index < -0.39 is 18.0 Å². The van der Waals surface area contributed by atoms with E-state index in [1.54, 1.807) is 6.07 Å². The van der Waals surface area contributed by atoms with E-state index in [9.17, 15) is 9.59 Å². The largest absolute Gasteiger partial charge is 0.496 e. The van der Waals surface area contributed by atoms with E-state index in [1.807, 2.05) is 19.1 Å². The molecule has 98 valence electrons. The van der Waals surface area contributed by atoms with Crippen LogP contribution in [0.25, 0.3) is 0 Å². The zero-order valence-electron chi connectivity index (χ0n) is 10.7. The molecule has 0 radical (unpaired) electrons. The van der Waals surface area contributed by atoms with Crippen molar-refractivity contribution >= 4 is 11.9 Å². The van der Waals surface area contributed by atoms with Gasteiger partial charge in [-0.2, -0.15) is 0 Å². The molecule has 0 aliphatic heterocycles. The summed E-state index contributed by atoms with van der Waals surface area (Å²) in [7, 11) is 1.53. The Kier molecular flexibility index (Phi) is 4.71. The summed E-state index contributed by atoms with van der Waals surface area (Å²) in [5, 5.41) is 0. The predicted molar refractivity (Wildman–Crippen MR) is 66.2 cm³/mol. The van der Waals surface area contributed by atoms with Gasteiger partial charge in [0.1, 0.15) is 5.75 Å². The number of amides is 1. The number of hydrogen-bond donors (Lipinski definition) is 1. The minimum atomic E-state index is -0.923. The topological polar surface area (TPSA) is 78.6 Å². The van der Waals surface area contributed by atoms with Crippen molar-refractivity contribution in [3.8, 4) is 5.75 Å². The highest BCUT2D eigenvalue weighted by Gasteiger charge is 2.16. The molecule has 18 heavy (non-hydrogen) atoms. The molecule has 5 heteroatoms. The van der Waals surface area contributed by atoms with Gasteiger partial charge in [-0.05, 0) is 19.9 Å². The zero-order valence-corrected chi connectivity index (χ0v) is 10.7. The summed E-state index contributed by atoms with van der Waals surface area (Å²) in [5.41, 5.74) is 6.75. The number of benzene rings is 1. The summed E-state index contributed by atoms with van der Waals surface area (Å²) in [6.07, 6.45) is -0.879. The van der Waals surface area contributed by atoms with Crippen LogP contribution in [0.2, 0.25) is 0 Å². The maximum Gasteiger partial charge on any atom is 0.311 e. The van der Waals surface area contributed by atoms with Gasteiger partial charge in [0.2, 0.25) is 0 Å². The fraction of sp³-hybridized carbons (Fsp3) is 0.385. The number of carbonyl (C=O) groups is 2. The molecular formula is C13H17NO4. The van der Waals surface area contributed by atoms with Gasteiger partial charge in [-0.15, -0.1) is 0 Å². The molecule has 1 aromatic carbocycles. The molecule has 0 aliphatic carbocycles. The lowest BCUT2D eigenvalue weighted by Gasteiger charge is -2.12. The first-order valence-corrected chi connectivity index (χ1v) is 5.56. The number of rotatable bonds is 5. The van der Waals surface area contributed by atoms with Crippen molar-refractivity contribution in [2.45, 2.75) is 26.4 Å². The standard InChI is InChI=1S/C13H17NO4/c1-8-4-5-11(17-3)10(6-8)7-12(15)18-9(2)13(14)16/h4-6,9H,7H2,1-3H3,(H2,14,16)/t9-/m0/s1. The van der Waals surface area contributed by atoms with Gasteiger partial charge in [0, 0.05) is 5.56 Å². The average molecular weight is 251 g/mol. The molecule has 5 nitrogen and oxygen atoms in total. The fourth-order valence-corrected chi connectivity index (χ4v) is 1.50. The number of carbonyl (C=O) groups excluding carboxylic acids is 2. The lowest BCUT2D eigenvalue weighted by Crippen LogP contribution is -2.31. The number of methoxy groups -OCH3 is 1. The van der Waals surface area contributed by atoms with Crippen molar-refractivity contribution in [3.05, 3.63) is 29.3 Å². The summed E-state index contributed by atoms with van der Waals surface area (Å²) < 4.78 is 10.0. The molecular weight excluding hydrogens is 234 g/mol. The summed E-state index contributed by atoms with van der Waals surface area (Å²) in [4.78, 5) is 22.4. The second kappa shape index (κ2) is 6.05. The van der Waals surface area contributed by atoms with E-state index in [0.717, 1.165) is 11.1 Å². The quantitative estimate of drug-likeness (QED) is 0.791. The first-order valence-electron chi connectivity index (χ1n) is 5.56. The van der Waals surface area contributed by atoms with E-state index in [4.69, 9.17) is 15.2 Å². The molecule has 1 atom stereocenters. The Balaban J connectivity index is 2.75. The molecule has 0 spiro atoms. The molecule has 0 heterocycles. The van der Waals surface area contributed by atoms with E-state index in [2.05, 4.69) is 0 Å². The molecule has 0 aromatic heterocycles. The average Bonchev–Trinajstić information content (AvgIpc) is 2.28. The SMILES string of the molecule is COc1ccc(C)cc1CC(=O)O[C@@H](C)C(N)=O. The highest BCUT2D eigenvalue weighted by atomic mass is 16.5. The van der Waals surface area contributed by atoms with Crippen LogP contribution in [0.4, 0.5) is 0 Å². The molecule has 0 saturated heterocycles. The first-order chi connectivity index (χ1) is 8.43. The minimum absolute atomic E-state index is 0.0441. The Hall–Kier alpha value is -2.04. The molecule has 0 bridgehead atoms. The van der Waals surface area contributed by atoms with Crippen molar-refractivity contribution < 1.29 is 19.1 Å². The fourth-order valence-electron chi connectivity index (χ4n) is 1.50. The van der Waals surface area contributed by atoms with Gasteiger partial charge >= 0.3 is 5.97 Å². The van der Waals surface area contributed by atoms with Crippen molar-refractivity contribution in [1.29, 1.82) is 0 Å². The number of nitrogens with two attached hydrogens (primary N) is 1. The highest BCUT2D eigenvalue weighted by Crippen LogP contribution is 2.20. The monoisotopic (exact) mass is 251 g/mol. The lowest BCUT2D eigenvalue weighted by molar-refractivity contribution is -0.153. The number of esters is 1. The van der Waals surface area contributed by atoms with Crippen LogP contribution in [0.15, 0.2) is 18.2 Å². The predicted octanol–water partition coefficient (Wildman–Crippen LogP) is 0.963. The molecule has 0 unspecified atom stereocenters. The number of hydrogen-bond acceptors (Lipinski definition) is 4. The summed E-state index contributed by atoms with van der Waals surface area (Å²) >= 11 is 0. The molecule has 0 aliphatic rings. The second-order valence-electron chi connectivity index (χ2n) is 4.03. The Bertz CT molecular complexity index is 456. The highest BCUT2D eigenvalue weighted by molar-refractivity contribution is 5.82. The van der Waals surface area contributed by atoms with Crippen LogP contribution in [0.1, 0.15) is 18.1 Å². The van der Waals surface area contributed by atoms with E-state index in [-0.39, 0.29) is 6.42 Å². The maximum atomic E-state index is 11.6. The summed E-state index contributed by atoms with van der Waals surface area (Å²) in [6, 6.07) is 5.52. The second-order valence-corrected chi connectivity index (χ2v) is 4.03. The van der Waals surface area contributed by atoms with Crippen LogP contribution in [0.3, 0.4) is 0 Å². The van der Waals surface area contributed by atoms with Gasteiger partial charge in [-0.1, -0.05) is 17.7 Å². The Morgan fingerprint density at radius 1 is 1.39 bits per heavy atom.